The molecule has 96 valence electrons. The van der Waals surface area contributed by atoms with E-state index in [1.807, 2.05) is 18.2 Å². The number of carbonyl (C=O) groups is 1. The van der Waals surface area contributed by atoms with Gasteiger partial charge >= 0.3 is 0 Å². The first-order valence-electron chi connectivity index (χ1n) is 6.14. The summed E-state index contributed by atoms with van der Waals surface area (Å²) in [4.78, 5) is 17.8. The number of aromatic nitrogens is 1. The van der Waals surface area contributed by atoms with Crippen LogP contribution in [0.3, 0.4) is 0 Å². The van der Waals surface area contributed by atoms with Gasteiger partial charge in [-0.25, -0.2) is 4.98 Å². The SMILES string of the molecule is CN(Cc1ccc2ncoc2c1)C(=O)C1(C#N)CC1. The van der Waals surface area contributed by atoms with Crippen molar-refractivity contribution in [2.45, 2.75) is 19.4 Å². The number of rotatable bonds is 3. The van der Waals surface area contributed by atoms with Crippen LogP contribution in [-0.4, -0.2) is 22.8 Å². The van der Waals surface area contributed by atoms with Crippen molar-refractivity contribution in [1.29, 1.82) is 5.26 Å². The van der Waals surface area contributed by atoms with Crippen molar-refractivity contribution in [2.75, 3.05) is 7.05 Å². The number of hydrogen-bond acceptors (Lipinski definition) is 4. The zero-order valence-corrected chi connectivity index (χ0v) is 10.6. The molecule has 1 fully saturated rings. The Morgan fingerprint density at radius 1 is 1.58 bits per heavy atom. The molecule has 1 amide bonds. The van der Waals surface area contributed by atoms with Gasteiger partial charge in [0.25, 0.3) is 0 Å². The van der Waals surface area contributed by atoms with Gasteiger partial charge < -0.3 is 9.32 Å². The topological polar surface area (TPSA) is 70.1 Å². The number of amides is 1. The molecule has 2 aromatic rings. The maximum absolute atomic E-state index is 12.1. The molecule has 0 atom stereocenters. The molecule has 3 rings (SSSR count). The van der Waals surface area contributed by atoms with E-state index in [0.29, 0.717) is 25.0 Å². The summed E-state index contributed by atoms with van der Waals surface area (Å²) in [6.45, 7) is 0.471. The van der Waals surface area contributed by atoms with E-state index in [-0.39, 0.29) is 5.91 Å². The molecule has 0 bridgehead atoms. The molecule has 0 aliphatic heterocycles. The second-order valence-corrected chi connectivity index (χ2v) is 5.01. The quantitative estimate of drug-likeness (QED) is 0.842. The fourth-order valence-electron chi connectivity index (χ4n) is 2.21. The summed E-state index contributed by atoms with van der Waals surface area (Å²) < 4.78 is 5.23. The lowest BCUT2D eigenvalue weighted by Crippen LogP contribution is -2.32. The first-order valence-corrected chi connectivity index (χ1v) is 6.14. The Labute approximate surface area is 110 Å². The smallest absolute Gasteiger partial charge is 0.243 e. The van der Waals surface area contributed by atoms with E-state index in [4.69, 9.17) is 9.68 Å². The van der Waals surface area contributed by atoms with E-state index in [9.17, 15) is 4.79 Å². The molecule has 1 aliphatic carbocycles. The highest BCUT2D eigenvalue weighted by atomic mass is 16.3. The minimum absolute atomic E-state index is 0.0901. The van der Waals surface area contributed by atoms with Crippen molar-refractivity contribution in [3.8, 4) is 6.07 Å². The van der Waals surface area contributed by atoms with Crippen LogP contribution in [0.4, 0.5) is 0 Å². The first-order chi connectivity index (χ1) is 9.14. The number of oxazole rings is 1. The van der Waals surface area contributed by atoms with Crippen LogP contribution in [0.15, 0.2) is 29.0 Å². The maximum atomic E-state index is 12.1. The Morgan fingerprint density at radius 3 is 3.05 bits per heavy atom. The van der Waals surface area contributed by atoms with E-state index < -0.39 is 5.41 Å². The van der Waals surface area contributed by atoms with Gasteiger partial charge in [-0.2, -0.15) is 5.26 Å². The van der Waals surface area contributed by atoms with E-state index in [1.54, 1.807) is 11.9 Å². The predicted octanol–water partition coefficient (Wildman–Crippen LogP) is 2.09. The third-order valence-electron chi connectivity index (χ3n) is 3.54. The summed E-state index contributed by atoms with van der Waals surface area (Å²) in [7, 11) is 1.73. The van der Waals surface area contributed by atoms with Crippen LogP contribution in [0.2, 0.25) is 0 Å². The van der Waals surface area contributed by atoms with E-state index in [2.05, 4.69) is 11.1 Å². The average Bonchev–Trinajstić information content (AvgIpc) is 3.09. The Morgan fingerprint density at radius 2 is 2.37 bits per heavy atom. The lowest BCUT2D eigenvalue weighted by atomic mass is 10.1. The maximum Gasteiger partial charge on any atom is 0.243 e. The fraction of sp³-hybridized carbons (Fsp3) is 0.357. The fourth-order valence-corrected chi connectivity index (χ4v) is 2.21. The Balaban J connectivity index is 1.77. The number of nitriles is 1. The normalized spacial score (nSPS) is 16.0. The highest BCUT2D eigenvalue weighted by Crippen LogP contribution is 2.46. The minimum atomic E-state index is -0.759. The van der Waals surface area contributed by atoms with Gasteiger partial charge in [-0.05, 0) is 30.5 Å². The largest absolute Gasteiger partial charge is 0.443 e. The average molecular weight is 255 g/mol. The van der Waals surface area contributed by atoms with Crippen molar-refractivity contribution in [2.24, 2.45) is 5.41 Å². The van der Waals surface area contributed by atoms with Crippen LogP contribution < -0.4 is 0 Å². The van der Waals surface area contributed by atoms with Crippen molar-refractivity contribution >= 4 is 17.0 Å². The van der Waals surface area contributed by atoms with Gasteiger partial charge in [0.2, 0.25) is 5.91 Å². The van der Waals surface area contributed by atoms with Gasteiger partial charge in [0.15, 0.2) is 12.0 Å². The van der Waals surface area contributed by atoms with Gasteiger partial charge in [-0.15, -0.1) is 0 Å². The Bertz CT molecular complexity index is 679. The van der Waals surface area contributed by atoms with Crippen molar-refractivity contribution in [3.05, 3.63) is 30.2 Å². The lowest BCUT2D eigenvalue weighted by Gasteiger charge is -2.19. The van der Waals surface area contributed by atoms with Gasteiger partial charge in [0.1, 0.15) is 10.9 Å². The molecule has 1 aromatic heterocycles. The Kier molecular flexibility index (Phi) is 2.53. The Hall–Kier alpha value is -2.35. The van der Waals surface area contributed by atoms with Crippen molar-refractivity contribution in [3.63, 3.8) is 0 Å². The summed E-state index contributed by atoms with van der Waals surface area (Å²) in [5, 5.41) is 9.03. The van der Waals surface area contributed by atoms with Crippen LogP contribution >= 0.6 is 0 Å². The third kappa shape index (κ3) is 1.95. The van der Waals surface area contributed by atoms with Gasteiger partial charge in [-0.1, -0.05) is 6.07 Å². The molecule has 0 radical (unpaired) electrons. The molecule has 5 heteroatoms. The van der Waals surface area contributed by atoms with Gasteiger partial charge in [-0.3, -0.25) is 4.79 Å². The molecule has 5 nitrogen and oxygen atoms in total. The molecule has 0 N–H and O–H groups in total. The predicted molar refractivity (Wildman–Crippen MR) is 67.8 cm³/mol. The summed E-state index contributed by atoms with van der Waals surface area (Å²) in [5.74, 6) is -0.0901. The van der Waals surface area contributed by atoms with E-state index in [1.165, 1.54) is 6.39 Å². The number of fused-ring (bicyclic) bond motifs is 1. The number of hydrogen-bond donors (Lipinski definition) is 0. The van der Waals surface area contributed by atoms with Crippen LogP contribution in [0.5, 0.6) is 0 Å². The van der Waals surface area contributed by atoms with Crippen LogP contribution in [0.1, 0.15) is 18.4 Å². The van der Waals surface area contributed by atoms with Crippen LogP contribution in [-0.2, 0) is 11.3 Å². The third-order valence-corrected chi connectivity index (χ3v) is 3.54. The second kappa shape index (κ2) is 4.09. The van der Waals surface area contributed by atoms with Crippen LogP contribution in [0.25, 0.3) is 11.1 Å². The molecule has 1 aromatic carbocycles. The highest BCUT2D eigenvalue weighted by Gasteiger charge is 2.51. The van der Waals surface area contributed by atoms with Crippen molar-refractivity contribution in [1.82, 2.24) is 9.88 Å². The van der Waals surface area contributed by atoms with Crippen LogP contribution in [0, 0.1) is 16.7 Å². The summed E-state index contributed by atoms with van der Waals surface area (Å²) >= 11 is 0. The van der Waals surface area contributed by atoms with Crippen molar-refractivity contribution < 1.29 is 9.21 Å². The zero-order chi connectivity index (χ0) is 13.5. The molecule has 0 spiro atoms. The summed E-state index contributed by atoms with van der Waals surface area (Å²) in [6.07, 6.45) is 2.75. The molecule has 0 saturated heterocycles. The van der Waals surface area contributed by atoms with E-state index in [0.717, 1.165) is 11.1 Å². The molecule has 1 saturated carbocycles. The molecular formula is C14H13N3O2. The zero-order valence-electron chi connectivity index (χ0n) is 10.6. The second-order valence-electron chi connectivity index (χ2n) is 5.01. The monoisotopic (exact) mass is 255 g/mol. The van der Waals surface area contributed by atoms with Gasteiger partial charge in [0, 0.05) is 13.6 Å². The molecule has 19 heavy (non-hydrogen) atoms. The standard InChI is InChI=1S/C14H13N3O2/c1-17(13(18)14(8-15)4-5-14)7-10-2-3-11-12(6-10)19-9-16-11/h2-3,6,9H,4-5,7H2,1H3. The number of benzene rings is 1. The number of carbonyl (C=O) groups excluding carboxylic acids is 1. The molecule has 1 aliphatic rings. The summed E-state index contributed by atoms with van der Waals surface area (Å²) in [5.41, 5.74) is 1.72. The summed E-state index contributed by atoms with van der Waals surface area (Å²) in [6, 6.07) is 7.78. The first kappa shape index (κ1) is 11.7. The molecule has 1 heterocycles. The lowest BCUT2D eigenvalue weighted by molar-refractivity contribution is -0.134. The highest BCUT2D eigenvalue weighted by molar-refractivity contribution is 5.88. The van der Waals surface area contributed by atoms with E-state index >= 15 is 0 Å². The molecule has 0 unspecified atom stereocenters. The number of nitrogens with zero attached hydrogens (tertiary/aromatic N) is 3. The van der Waals surface area contributed by atoms with Gasteiger partial charge in [0.05, 0.1) is 6.07 Å². The minimum Gasteiger partial charge on any atom is -0.443 e. The molecular weight excluding hydrogens is 242 g/mol.